The number of ether oxygens (including phenoxy) is 1. The van der Waals surface area contributed by atoms with Crippen LogP contribution in [0.2, 0.25) is 10.0 Å². The van der Waals surface area contributed by atoms with Gasteiger partial charge in [0.2, 0.25) is 0 Å². The summed E-state index contributed by atoms with van der Waals surface area (Å²) in [5.74, 6) is 0. The molecule has 0 amide bonds. The maximum absolute atomic E-state index is 6.16. The predicted octanol–water partition coefficient (Wildman–Crippen LogP) is 4.21. The molecule has 0 saturated heterocycles. The van der Waals surface area contributed by atoms with Crippen LogP contribution in [0.3, 0.4) is 0 Å². The monoisotopic (exact) mass is 261 g/mol. The van der Waals surface area contributed by atoms with Crippen molar-refractivity contribution in [3.63, 3.8) is 0 Å². The molecule has 1 nitrogen and oxygen atoms in total. The Hall–Kier alpha value is 0.110. The summed E-state index contributed by atoms with van der Waals surface area (Å²) in [5.41, 5.74) is 1.13. The molecule has 4 heteroatoms. The van der Waals surface area contributed by atoms with E-state index in [-0.39, 0.29) is 4.75 Å². The number of rotatable bonds is 2. The molecule has 81 valence electrons. The van der Waals surface area contributed by atoms with Crippen LogP contribution in [0.25, 0.3) is 0 Å². The summed E-state index contributed by atoms with van der Waals surface area (Å²) in [5, 5.41) is 1.30. The second-order valence-electron chi connectivity index (χ2n) is 3.92. The van der Waals surface area contributed by atoms with Crippen LogP contribution < -0.4 is 0 Å². The highest BCUT2D eigenvalue weighted by atomic mass is 35.5. The molecule has 15 heavy (non-hydrogen) atoms. The van der Waals surface area contributed by atoms with Gasteiger partial charge in [-0.25, -0.2) is 0 Å². The van der Waals surface area contributed by atoms with Gasteiger partial charge in [-0.2, -0.15) is 0 Å². The molecular weight excluding hydrogens is 251 g/mol. The van der Waals surface area contributed by atoms with E-state index >= 15 is 0 Å². The van der Waals surface area contributed by atoms with Crippen LogP contribution in [0.4, 0.5) is 0 Å². The average molecular weight is 262 g/mol. The molecular formula is C11H11Cl2OS. The van der Waals surface area contributed by atoms with Crippen molar-refractivity contribution in [1.82, 2.24) is 0 Å². The minimum atomic E-state index is 0.0262. The van der Waals surface area contributed by atoms with Crippen LogP contribution in [0.5, 0.6) is 0 Å². The van der Waals surface area contributed by atoms with Gasteiger partial charge >= 0.3 is 0 Å². The first-order chi connectivity index (χ1) is 7.06. The predicted molar refractivity (Wildman–Crippen MR) is 65.7 cm³/mol. The number of hydrogen-bond acceptors (Lipinski definition) is 2. The van der Waals surface area contributed by atoms with E-state index in [1.165, 1.54) is 4.90 Å². The summed E-state index contributed by atoms with van der Waals surface area (Å²) in [6.07, 6.45) is 0.877. The van der Waals surface area contributed by atoms with Crippen molar-refractivity contribution >= 4 is 35.0 Å². The van der Waals surface area contributed by atoms with Crippen molar-refractivity contribution < 1.29 is 4.74 Å². The first kappa shape index (κ1) is 11.6. The zero-order valence-corrected chi connectivity index (χ0v) is 10.7. The van der Waals surface area contributed by atoms with Crippen LogP contribution in [0, 0.1) is 7.11 Å². The maximum Gasteiger partial charge on any atom is 0.0701 e. The second kappa shape index (κ2) is 4.17. The SMILES string of the molecule is [CH2]OCC1(C)Cc2c(ccc(Cl)c2Cl)S1. The fraction of sp³-hybridized carbons (Fsp3) is 0.364. The lowest BCUT2D eigenvalue weighted by molar-refractivity contribution is 0.213. The van der Waals surface area contributed by atoms with Crippen molar-refractivity contribution in [3.8, 4) is 0 Å². The molecule has 0 N–H and O–H groups in total. The van der Waals surface area contributed by atoms with Gasteiger partial charge in [0.25, 0.3) is 0 Å². The lowest BCUT2D eigenvalue weighted by atomic mass is 10.0. The molecule has 1 aliphatic rings. The summed E-state index contributed by atoms with van der Waals surface area (Å²) in [6.45, 7) is 2.76. The molecule has 1 unspecified atom stereocenters. The molecule has 0 aromatic heterocycles. The van der Waals surface area contributed by atoms with E-state index in [4.69, 9.17) is 27.9 Å². The Morgan fingerprint density at radius 2 is 2.27 bits per heavy atom. The van der Waals surface area contributed by atoms with Gasteiger partial charge in [0, 0.05) is 9.64 Å². The molecule has 1 aromatic rings. The van der Waals surface area contributed by atoms with Crippen LogP contribution in [0.15, 0.2) is 17.0 Å². The molecule has 2 rings (SSSR count). The van der Waals surface area contributed by atoms with Gasteiger partial charge in [0.1, 0.15) is 0 Å². The summed E-state index contributed by atoms with van der Waals surface area (Å²) in [6, 6.07) is 3.86. The topological polar surface area (TPSA) is 9.23 Å². The van der Waals surface area contributed by atoms with Gasteiger partial charge in [-0.3, -0.25) is 0 Å². The Morgan fingerprint density at radius 3 is 2.93 bits per heavy atom. The van der Waals surface area contributed by atoms with E-state index in [1.54, 1.807) is 11.8 Å². The summed E-state index contributed by atoms with van der Waals surface area (Å²) in [4.78, 5) is 1.20. The lowest BCUT2D eigenvalue weighted by Gasteiger charge is -2.20. The Labute approximate surface area is 104 Å². The van der Waals surface area contributed by atoms with Crippen molar-refractivity contribution in [1.29, 1.82) is 0 Å². The minimum Gasteiger partial charge on any atom is -0.378 e. The number of thioether (sulfide) groups is 1. The Bertz CT molecular complexity index is 394. The average Bonchev–Trinajstić information content (AvgIpc) is 2.50. The largest absolute Gasteiger partial charge is 0.378 e. The van der Waals surface area contributed by atoms with E-state index in [1.807, 2.05) is 12.1 Å². The highest BCUT2D eigenvalue weighted by Crippen LogP contribution is 2.48. The van der Waals surface area contributed by atoms with E-state index in [9.17, 15) is 0 Å². The lowest BCUT2D eigenvalue weighted by Crippen LogP contribution is -2.24. The molecule has 0 saturated carbocycles. The third kappa shape index (κ3) is 2.14. The van der Waals surface area contributed by atoms with Crippen molar-refractivity contribution in [2.45, 2.75) is 23.0 Å². The minimum absolute atomic E-state index is 0.0262. The van der Waals surface area contributed by atoms with Gasteiger partial charge in [0.15, 0.2) is 0 Å². The Morgan fingerprint density at radius 1 is 1.53 bits per heavy atom. The molecule has 1 aromatic carbocycles. The van der Waals surface area contributed by atoms with Crippen molar-refractivity contribution in [3.05, 3.63) is 34.9 Å². The van der Waals surface area contributed by atoms with Crippen LogP contribution in [-0.2, 0) is 11.2 Å². The fourth-order valence-corrected chi connectivity index (χ4v) is 3.60. The Kier molecular flexibility index (Phi) is 3.22. The maximum atomic E-state index is 6.16. The quantitative estimate of drug-likeness (QED) is 0.789. The number of hydrogen-bond donors (Lipinski definition) is 0. The number of fused-ring (bicyclic) bond motifs is 1. The molecule has 0 bridgehead atoms. The van der Waals surface area contributed by atoms with Gasteiger partial charge in [-0.1, -0.05) is 23.2 Å². The molecule has 1 radical (unpaired) electrons. The zero-order chi connectivity index (χ0) is 11.1. The third-order valence-electron chi connectivity index (χ3n) is 2.47. The van der Waals surface area contributed by atoms with Gasteiger partial charge in [0.05, 0.1) is 23.8 Å². The normalized spacial score (nSPS) is 24.3. The highest BCUT2D eigenvalue weighted by molar-refractivity contribution is 8.01. The van der Waals surface area contributed by atoms with Gasteiger partial charge < -0.3 is 4.74 Å². The van der Waals surface area contributed by atoms with Crippen LogP contribution in [-0.4, -0.2) is 11.4 Å². The van der Waals surface area contributed by atoms with E-state index < -0.39 is 0 Å². The second-order valence-corrected chi connectivity index (χ2v) is 6.33. The van der Waals surface area contributed by atoms with Gasteiger partial charge in [-0.15, -0.1) is 11.8 Å². The van der Waals surface area contributed by atoms with E-state index in [2.05, 4.69) is 14.0 Å². The molecule has 1 heterocycles. The summed E-state index contributed by atoms with van der Waals surface area (Å²) >= 11 is 13.9. The molecule has 0 spiro atoms. The summed E-state index contributed by atoms with van der Waals surface area (Å²) in [7, 11) is 3.42. The zero-order valence-electron chi connectivity index (χ0n) is 8.35. The highest BCUT2D eigenvalue weighted by Gasteiger charge is 2.35. The Balaban J connectivity index is 2.35. The van der Waals surface area contributed by atoms with Gasteiger partial charge in [-0.05, 0) is 31.0 Å². The smallest absolute Gasteiger partial charge is 0.0701 e. The van der Waals surface area contributed by atoms with Crippen molar-refractivity contribution in [2.24, 2.45) is 0 Å². The summed E-state index contributed by atoms with van der Waals surface area (Å²) < 4.78 is 5.01. The van der Waals surface area contributed by atoms with Crippen LogP contribution >= 0.6 is 35.0 Å². The molecule has 1 aliphatic heterocycles. The number of halogens is 2. The molecule has 0 fully saturated rings. The van der Waals surface area contributed by atoms with Crippen LogP contribution in [0.1, 0.15) is 12.5 Å². The van der Waals surface area contributed by atoms with E-state index in [0.717, 1.165) is 12.0 Å². The van der Waals surface area contributed by atoms with Crippen molar-refractivity contribution in [2.75, 3.05) is 6.61 Å². The number of benzene rings is 1. The first-order valence-corrected chi connectivity index (χ1v) is 6.16. The van der Waals surface area contributed by atoms with E-state index in [0.29, 0.717) is 16.7 Å². The standard InChI is InChI=1S/C11H11Cl2OS/c1-11(6-14-2)5-7-9(15-11)4-3-8(12)10(7)13/h3-4H,2,5-6H2,1H3. The molecule has 0 aliphatic carbocycles. The fourth-order valence-electron chi connectivity index (χ4n) is 1.81. The first-order valence-electron chi connectivity index (χ1n) is 4.58. The third-order valence-corrected chi connectivity index (χ3v) is 4.67. The molecule has 1 atom stereocenters.